The van der Waals surface area contributed by atoms with Crippen molar-refractivity contribution in [3.05, 3.63) is 46.6 Å². The van der Waals surface area contributed by atoms with Crippen LogP contribution in [0.4, 0.5) is 0 Å². The van der Waals surface area contributed by atoms with Crippen molar-refractivity contribution in [2.75, 3.05) is 7.11 Å². The fourth-order valence-electron chi connectivity index (χ4n) is 2.53. The maximum atomic E-state index is 6.32. The summed E-state index contributed by atoms with van der Waals surface area (Å²) in [5, 5.41) is 3.61. The number of hydrogen-bond acceptors (Lipinski definition) is 3. The third-order valence-electron chi connectivity index (χ3n) is 3.53. The number of ether oxygens (including phenoxy) is 1. The van der Waals surface area contributed by atoms with Gasteiger partial charge in [-0.2, -0.15) is 0 Å². The Hall–Kier alpha value is -1.97. The van der Waals surface area contributed by atoms with Gasteiger partial charge in [0.1, 0.15) is 22.0 Å². The van der Waals surface area contributed by atoms with Crippen molar-refractivity contribution >= 4 is 56.0 Å². The number of pyridine rings is 1. The van der Waals surface area contributed by atoms with E-state index in [1.807, 2.05) is 30.3 Å². The van der Waals surface area contributed by atoms with Crippen LogP contribution in [0, 0.1) is 0 Å². The summed E-state index contributed by atoms with van der Waals surface area (Å²) in [4.78, 5) is 4.47. The Balaban J connectivity index is 2.21. The molecular weight excluding hydrogens is 309 g/mol. The first-order valence-corrected chi connectivity index (χ1v) is 7.08. The van der Waals surface area contributed by atoms with Crippen molar-refractivity contribution in [3.8, 4) is 5.75 Å². The van der Waals surface area contributed by atoms with Gasteiger partial charge in [-0.1, -0.05) is 23.2 Å². The molecule has 0 aliphatic rings. The second kappa shape index (κ2) is 4.52. The lowest BCUT2D eigenvalue weighted by Crippen LogP contribution is -1.85. The number of aromatic nitrogens is 1. The molecule has 0 aliphatic carbocycles. The molecule has 0 saturated heterocycles. The first-order valence-electron chi connectivity index (χ1n) is 6.32. The van der Waals surface area contributed by atoms with Gasteiger partial charge < -0.3 is 9.15 Å². The van der Waals surface area contributed by atoms with Crippen LogP contribution in [-0.2, 0) is 0 Å². The summed E-state index contributed by atoms with van der Waals surface area (Å²) in [6.45, 7) is 0. The Bertz CT molecular complexity index is 1010. The summed E-state index contributed by atoms with van der Waals surface area (Å²) >= 11 is 12.4. The van der Waals surface area contributed by atoms with Crippen LogP contribution in [0.3, 0.4) is 0 Å². The zero-order chi connectivity index (χ0) is 14.6. The molecule has 0 radical (unpaired) electrons. The fraction of sp³-hybridized carbons (Fsp3) is 0.0625. The van der Waals surface area contributed by atoms with Crippen LogP contribution in [0.25, 0.3) is 32.8 Å². The molecule has 21 heavy (non-hydrogen) atoms. The molecule has 0 spiro atoms. The molecule has 0 N–H and O–H groups in total. The van der Waals surface area contributed by atoms with Crippen molar-refractivity contribution < 1.29 is 9.15 Å². The van der Waals surface area contributed by atoms with E-state index >= 15 is 0 Å². The van der Waals surface area contributed by atoms with Crippen molar-refractivity contribution in [1.29, 1.82) is 0 Å². The third kappa shape index (κ3) is 1.85. The summed E-state index contributed by atoms with van der Waals surface area (Å²) in [6, 6.07) is 11.1. The number of nitrogens with zero attached hydrogens (tertiary/aromatic N) is 1. The third-order valence-corrected chi connectivity index (χ3v) is 4.05. The van der Waals surface area contributed by atoms with Crippen LogP contribution < -0.4 is 4.74 Å². The minimum absolute atomic E-state index is 0.416. The van der Waals surface area contributed by atoms with Gasteiger partial charge in [0.25, 0.3) is 0 Å². The number of hydrogen-bond donors (Lipinski definition) is 0. The number of benzene rings is 2. The van der Waals surface area contributed by atoms with Gasteiger partial charge in [-0.25, -0.2) is 4.98 Å². The van der Waals surface area contributed by atoms with Crippen LogP contribution in [0.15, 0.2) is 40.8 Å². The molecule has 0 aliphatic heterocycles. The molecule has 104 valence electrons. The zero-order valence-electron chi connectivity index (χ0n) is 11.0. The highest BCUT2D eigenvalue weighted by Crippen LogP contribution is 2.37. The van der Waals surface area contributed by atoms with E-state index in [2.05, 4.69) is 4.98 Å². The van der Waals surface area contributed by atoms with E-state index in [1.165, 1.54) is 0 Å². The molecule has 0 atom stereocenters. The van der Waals surface area contributed by atoms with Gasteiger partial charge in [0.2, 0.25) is 0 Å². The minimum atomic E-state index is 0.416. The molecule has 5 heteroatoms. The van der Waals surface area contributed by atoms with Crippen LogP contribution in [-0.4, -0.2) is 12.1 Å². The van der Waals surface area contributed by atoms with Gasteiger partial charge in [-0.15, -0.1) is 0 Å². The van der Waals surface area contributed by atoms with Crippen LogP contribution in [0.1, 0.15) is 0 Å². The second-order valence-electron chi connectivity index (χ2n) is 4.73. The molecule has 2 aromatic carbocycles. The predicted molar refractivity (Wildman–Crippen MR) is 85.6 cm³/mol. The Morgan fingerprint density at radius 2 is 1.86 bits per heavy atom. The van der Waals surface area contributed by atoms with Crippen molar-refractivity contribution in [2.24, 2.45) is 0 Å². The molecule has 0 unspecified atom stereocenters. The second-order valence-corrected chi connectivity index (χ2v) is 5.53. The number of methoxy groups -OCH3 is 1. The number of rotatable bonds is 1. The highest BCUT2D eigenvalue weighted by molar-refractivity contribution is 6.36. The van der Waals surface area contributed by atoms with E-state index in [9.17, 15) is 0 Å². The van der Waals surface area contributed by atoms with Crippen molar-refractivity contribution in [1.82, 2.24) is 4.98 Å². The molecule has 2 heterocycles. The van der Waals surface area contributed by atoms with E-state index in [1.54, 1.807) is 13.2 Å². The first-order chi connectivity index (χ1) is 10.2. The van der Waals surface area contributed by atoms with Gasteiger partial charge in [0.05, 0.1) is 7.11 Å². The molecule has 0 fully saturated rings. The van der Waals surface area contributed by atoms with Gasteiger partial charge in [-0.3, -0.25) is 0 Å². The zero-order valence-corrected chi connectivity index (χ0v) is 12.5. The quantitative estimate of drug-likeness (QED) is 0.438. The topological polar surface area (TPSA) is 35.3 Å². The van der Waals surface area contributed by atoms with E-state index in [0.717, 1.165) is 33.0 Å². The fourth-order valence-corrected chi connectivity index (χ4v) is 2.94. The summed E-state index contributed by atoms with van der Waals surface area (Å²) in [5.74, 6) is 0.727. The number of fused-ring (bicyclic) bond motifs is 5. The molecular formula is C16H9Cl2NO2. The minimum Gasteiger partial charge on any atom is -0.497 e. The molecule has 0 amide bonds. The molecule has 3 nitrogen and oxygen atoms in total. The average molecular weight is 318 g/mol. The normalized spacial score (nSPS) is 11.6. The lowest BCUT2D eigenvalue weighted by Gasteiger charge is -2.04. The Labute approximate surface area is 130 Å². The highest BCUT2D eigenvalue weighted by atomic mass is 35.5. The van der Waals surface area contributed by atoms with Crippen LogP contribution in [0.5, 0.6) is 5.75 Å². The molecule has 2 aromatic heterocycles. The van der Waals surface area contributed by atoms with Crippen molar-refractivity contribution in [3.63, 3.8) is 0 Å². The lowest BCUT2D eigenvalue weighted by molar-refractivity contribution is 0.415. The first kappa shape index (κ1) is 12.7. The molecule has 4 aromatic rings. The van der Waals surface area contributed by atoms with Gasteiger partial charge in [0, 0.05) is 21.2 Å². The molecule has 0 bridgehead atoms. The SMILES string of the molecule is COc1ccc2c(c1)c(Cl)nc1c3cc(Cl)ccc3oc21. The number of halogens is 2. The van der Waals surface area contributed by atoms with Gasteiger partial charge in [-0.05, 0) is 36.4 Å². The standard InChI is InChI=1S/C16H9Cl2NO2/c1-20-9-3-4-10-11(7-9)16(18)19-14-12-6-8(17)2-5-13(12)21-15(10)14/h2-7H,1H3. The maximum absolute atomic E-state index is 6.32. The Morgan fingerprint density at radius 1 is 1.00 bits per heavy atom. The van der Waals surface area contributed by atoms with E-state index in [4.69, 9.17) is 32.4 Å². The summed E-state index contributed by atoms with van der Waals surface area (Å²) in [7, 11) is 1.62. The predicted octanol–water partition coefficient (Wildman–Crippen LogP) is 5.45. The van der Waals surface area contributed by atoms with Crippen LogP contribution >= 0.6 is 23.2 Å². The van der Waals surface area contributed by atoms with Gasteiger partial charge >= 0.3 is 0 Å². The lowest BCUT2D eigenvalue weighted by atomic mass is 10.1. The summed E-state index contributed by atoms with van der Waals surface area (Å²) in [5.41, 5.74) is 2.16. The van der Waals surface area contributed by atoms with Crippen LogP contribution in [0.2, 0.25) is 10.2 Å². The van der Waals surface area contributed by atoms with Gasteiger partial charge in [0.15, 0.2) is 5.58 Å². The summed E-state index contributed by atoms with van der Waals surface area (Å²) < 4.78 is 11.2. The molecule has 0 saturated carbocycles. The Morgan fingerprint density at radius 3 is 2.67 bits per heavy atom. The monoisotopic (exact) mass is 317 g/mol. The largest absolute Gasteiger partial charge is 0.497 e. The molecule has 4 rings (SSSR count). The maximum Gasteiger partial charge on any atom is 0.161 e. The smallest absolute Gasteiger partial charge is 0.161 e. The van der Waals surface area contributed by atoms with E-state index in [-0.39, 0.29) is 0 Å². The highest BCUT2D eigenvalue weighted by Gasteiger charge is 2.15. The Kier molecular flexibility index (Phi) is 2.74. The van der Waals surface area contributed by atoms with E-state index in [0.29, 0.717) is 15.8 Å². The summed E-state index contributed by atoms with van der Waals surface area (Å²) in [6.07, 6.45) is 0. The average Bonchev–Trinajstić information content (AvgIpc) is 2.85. The van der Waals surface area contributed by atoms with Crippen molar-refractivity contribution in [2.45, 2.75) is 0 Å². The number of furan rings is 1. The van der Waals surface area contributed by atoms with E-state index < -0.39 is 0 Å².